The van der Waals surface area contributed by atoms with Gasteiger partial charge in [0.25, 0.3) is 0 Å². The van der Waals surface area contributed by atoms with E-state index in [0.717, 1.165) is 0 Å². The summed E-state index contributed by atoms with van der Waals surface area (Å²) < 4.78 is 4.87. The number of ether oxygens (including phenoxy) is 1. The van der Waals surface area contributed by atoms with Crippen LogP contribution in [0.5, 0.6) is 0 Å². The standard InChI is InChI=1S/C7H10O3/c1-2-6-5(8)3-4-7(9)10-6/h3-4,6-7,9H,2H2,1H3/t6-,7-/m1/s1. The molecule has 0 radical (unpaired) electrons. The van der Waals surface area contributed by atoms with Crippen LogP contribution in [0.4, 0.5) is 0 Å². The van der Waals surface area contributed by atoms with Crippen LogP contribution in [-0.2, 0) is 9.53 Å². The molecule has 2 atom stereocenters. The minimum absolute atomic E-state index is 0.0622. The maximum Gasteiger partial charge on any atom is 0.184 e. The van der Waals surface area contributed by atoms with Gasteiger partial charge in [-0.2, -0.15) is 0 Å². The summed E-state index contributed by atoms with van der Waals surface area (Å²) in [4.78, 5) is 10.8. The van der Waals surface area contributed by atoms with Gasteiger partial charge in [-0.15, -0.1) is 0 Å². The molecular weight excluding hydrogens is 132 g/mol. The van der Waals surface area contributed by atoms with Gasteiger partial charge in [-0.3, -0.25) is 4.79 Å². The van der Waals surface area contributed by atoms with E-state index in [9.17, 15) is 4.79 Å². The van der Waals surface area contributed by atoms with Crippen molar-refractivity contribution in [3.63, 3.8) is 0 Å². The van der Waals surface area contributed by atoms with Gasteiger partial charge in [0.2, 0.25) is 0 Å². The molecule has 1 N–H and O–H groups in total. The average Bonchev–Trinajstić information content (AvgIpc) is 1.94. The first kappa shape index (κ1) is 7.44. The number of hydrogen-bond donors (Lipinski definition) is 1. The van der Waals surface area contributed by atoms with E-state index in [1.165, 1.54) is 12.2 Å². The molecule has 56 valence electrons. The third-order valence-electron chi connectivity index (χ3n) is 1.42. The molecule has 0 unspecified atom stereocenters. The van der Waals surface area contributed by atoms with Gasteiger partial charge in [-0.1, -0.05) is 6.92 Å². The highest BCUT2D eigenvalue weighted by Gasteiger charge is 2.21. The highest BCUT2D eigenvalue weighted by atomic mass is 16.6. The van der Waals surface area contributed by atoms with Gasteiger partial charge in [0.1, 0.15) is 6.10 Å². The molecule has 1 aliphatic heterocycles. The second kappa shape index (κ2) is 2.94. The molecule has 0 fully saturated rings. The fourth-order valence-corrected chi connectivity index (χ4v) is 0.863. The van der Waals surface area contributed by atoms with Crippen LogP contribution in [0.3, 0.4) is 0 Å². The smallest absolute Gasteiger partial charge is 0.184 e. The molecular formula is C7H10O3. The van der Waals surface area contributed by atoms with E-state index in [1.54, 1.807) is 0 Å². The number of ketones is 1. The molecule has 3 heteroatoms. The van der Waals surface area contributed by atoms with Crippen LogP contribution in [0.1, 0.15) is 13.3 Å². The summed E-state index contributed by atoms with van der Waals surface area (Å²) in [7, 11) is 0. The van der Waals surface area contributed by atoms with Crippen molar-refractivity contribution in [1.82, 2.24) is 0 Å². The van der Waals surface area contributed by atoms with E-state index in [0.29, 0.717) is 6.42 Å². The lowest BCUT2D eigenvalue weighted by atomic mass is 10.1. The first-order valence-corrected chi connectivity index (χ1v) is 3.29. The van der Waals surface area contributed by atoms with Gasteiger partial charge in [0.15, 0.2) is 12.1 Å². The minimum atomic E-state index is -0.900. The van der Waals surface area contributed by atoms with Gasteiger partial charge in [-0.05, 0) is 18.6 Å². The Morgan fingerprint density at radius 2 is 2.50 bits per heavy atom. The van der Waals surface area contributed by atoms with Crippen LogP contribution < -0.4 is 0 Å². The molecule has 1 heterocycles. The molecule has 0 spiro atoms. The molecule has 0 aliphatic carbocycles. The summed E-state index contributed by atoms with van der Waals surface area (Å²) in [5, 5.41) is 8.87. The summed E-state index contributed by atoms with van der Waals surface area (Å²) in [5.41, 5.74) is 0. The van der Waals surface area contributed by atoms with Gasteiger partial charge in [-0.25, -0.2) is 0 Å². The van der Waals surface area contributed by atoms with E-state index in [2.05, 4.69) is 0 Å². The van der Waals surface area contributed by atoms with E-state index in [-0.39, 0.29) is 5.78 Å². The number of aliphatic hydroxyl groups is 1. The number of rotatable bonds is 1. The third-order valence-corrected chi connectivity index (χ3v) is 1.42. The van der Waals surface area contributed by atoms with Crippen molar-refractivity contribution in [2.24, 2.45) is 0 Å². The van der Waals surface area contributed by atoms with Gasteiger partial charge >= 0.3 is 0 Å². The fourth-order valence-electron chi connectivity index (χ4n) is 0.863. The number of carbonyl (C=O) groups excluding carboxylic acids is 1. The monoisotopic (exact) mass is 142 g/mol. The van der Waals surface area contributed by atoms with Crippen molar-refractivity contribution in [3.05, 3.63) is 12.2 Å². The molecule has 0 aromatic carbocycles. The van der Waals surface area contributed by atoms with Crippen LogP contribution in [0.15, 0.2) is 12.2 Å². The van der Waals surface area contributed by atoms with Crippen molar-refractivity contribution in [3.8, 4) is 0 Å². The molecule has 0 aromatic rings. The van der Waals surface area contributed by atoms with E-state index >= 15 is 0 Å². The van der Waals surface area contributed by atoms with E-state index in [4.69, 9.17) is 9.84 Å². The molecule has 3 nitrogen and oxygen atoms in total. The van der Waals surface area contributed by atoms with Crippen molar-refractivity contribution in [1.29, 1.82) is 0 Å². The zero-order valence-electron chi connectivity index (χ0n) is 5.78. The van der Waals surface area contributed by atoms with Crippen molar-refractivity contribution < 1.29 is 14.6 Å². The Labute approximate surface area is 59.3 Å². The molecule has 1 aliphatic rings. The maximum absolute atomic E-state index is 10.8. The highest BCUT2D eigenvalue weighted by Crippen LogP contribution is 2.09. The lowest BCUT2D eigenvalue weighted by Gasteiger charge is -2.19. The Morgan fingerprint density at radius 1 is 1.80 bits per heavy atom. The van der Waals surface area contributed by atoms with Crippen molar-refractivity contribution in [2.75, 3.05) is 0 Å². The molecule has 0 aromatic heterocycles. The molecule has 0 saturated carbocycles. The second-order valence-electron chi connectivity index (χ2n) is 2.19. The molecule has 0 bridgehead atoms. The molecule has 0 amide bonds. The SMILES string of the molecule is CC[C@H]1O[C@@H](O)C=CC1=O. The van der Waals surface area contributed by atoms with E-state index < -0.39 is 12.4 Å². The molecule has 1 rings (SSSR count). The highest BCUT2D eigenvalue weighted by molar-refractivity contribution is 5.94. The summed E-state index contributed by atoms with van der Waals surface area (Å²) in [6.45, 7) is 1.84. The molecule has 0 saturated heterocycles. The van der Waals surface area contributed by atoms with Crippen LogP contribution in [0.2, 0.25) is 0 Å². The summed E-state index contributed by atoms with van der Waals surface area (Å²) in [6, 6.07) is 0. The van der Waals surface area contributed by atoms with Crippen molar-refractivity contribution in [2.45, 2.75) is 25.7 Å². The van der Waals surface area contributed by atoms with Crippen molar-refractivity contribution >= 4 is 5.78 Å². The fraction of sp³-hybridized carbons (Fsp3) is 0.571. The zero-order valence-corrected chi connectivity index (χ0v) is 5.78. The van der Waals surface area contributed by atoms with Crippen LogP contribution in [-0.4, -0.2) is 23.3 Å². The topological polar surface area (TPSA) is 46.5 Å². The van der Waals surface area contributed by atoms with Gasteiger partial charge < -0.3 is 9.84 Å². The zero-order chi connectivity index (χ0) is 7.56. The third kappa shape index (κ3) is 1.43. The first-order valence-electron chi connectivity index (χ1n) is 3.29. The summed E-state index contributed by atoms with van der Waals surface area (Å²) in [5.74, 6) is -0.0622. The predicted molar refractivity (Wildman–Crippen MR) is 35.3 cm³/mol. The Morgan fingerprint density at radius 3 is 3.00 bits per heavy atom. The van der Waals surface area contributed by atoms with E-state index in [1.807, 2.05) is 6.92 Å². The normalized spacial score (nSPS) is 32.8. The Balaban J connectivity index is 2.62. The molecule has 10 heavy (non-hydrogen) atoms. The second-order valence-corrected chi connectivity index (χ2v) is 2.19. The van der Waals surface area contributed by atoms with Crippen LogP contribution in [0, 0.1) is 0 Å². The van der Waals surface area contributed by atoms with Gasteiger partial charge in [0.05, 0.1) is 0 Å². The lowest BCUT2D eigenvalue weighted by molar-refractivity contribution is -0.148. The number of hydrogen-bond acceptors (Lipinski definition) is 3. The first-order chi connectivity index (χ1) is 4.74. The quantitative estimate of drug-likeness (QED) is 0.570. The maximum atomic E-state index is 10.8. The number of carbonyl (C=O) groups is 1. The average molecular weight is 142 g/mol. The lowest BCUT2D eigenvalue weighted by Crippen LogP contribution is -2.30. The Kier molecular flexibility index (Phi) is 2.19. The van der Waals surface area contributed by atoms with Gasteiger partial charge in [0, 0.05) is 0 Å². The Hall–Kier alpha value is -0.670. The largest absolute Gasteiger partial charge is 0.365 e. The van der Waals surface area contributed by atoms with Crippen LogP contribution in [0.25, 0.3) is 0 Å². The number of aliphatic hydroxyl groups excluding tert-OH is 1. The Bertz CT molecular complexity index is 162. The van der Waals surface area contributed by atoms with Crippen LogP contribution >= 0.6 is 0 Å². The minimum Gasteiger partial charge on any atom is -0.365 e. The summed E-state index contributed by atoms with van der Waals surface area (Å²) in [6.07, 6.45) is 1.97. The predicted octanol–water partition coefficient (Wildman–Crippen LogP) is 0.239. The summed E-state index contributed by atoms with van der Waals surface area (Å²) >= 11 is 0.